The van der Waals surface area contributed by atoms with Gasteiger partial charge in [-0.25, -0.2) is 4.79 Å². The fraction of sp³-hybridized carbons (Fsp3) is 0.467. The van der Waals surface area contributed by atoms with E-state index in [2.05, 4.69) is 0 Å². The van der Waals surface area contributed by atoms with Crippen LogP contribution in [0.3, 0.4) is 0 Å². The molecule has 1 aliphatic rings. The van der Waals surface area contributed by atoms with E-state index in [1.165, 1.54) is 4.90 Å². The van der Waals surface area contributed by atoms with Crippen LogP contribution < -0.4 is 0 Å². The summed E-state index contributed by atoms with van der Waals surface area (Å²) in [6, 6.07) is 8.47. The summed E-state index contributed by atoms with van der Waals surface area (Å²) in [5, 5.41) is 9.18. The first-order valence-electron chi connectivity index (χ1n) is 6.85. The molecule has 5 heteroatoms. The molecule has 0 saturated carbocycles. The summed E-state index contributed by atoms with van der Waals surface area (Å²) in [5.41, 5.74) is 0.760. The number of carbonyl (C=O) groups excluding carboxylic acids is 1. The minimum absolute atomic E-state index is 0.261. The van der Waals surface area contributed by atoms with Gasteiger partial charge in [0.2, 0.25) is 0 Å². The van der Waals surface area contributed by atoms with E-state index in [-0.39, 0.29) is 5.91 Å². The highest BCUT2D eigenvalue weighted by atomic mass is 16.5. The molecule has 0 radical (unpaired) electrons. The molecule has 5 nitrogen and oxygen atoms in total. The quantitative estimate of drug-likeness (QED) is 0.891. The molecular weight excluding hydrogens is 258 g/mol. The Kier molecular flexibility index (Phi) is 4.74. The van der Waals surface area contributed by atoms with Crippen LogP contribution in [0.25, 0.3) is 0 Å². The van der Waals surface area contributed by atoms with Crippen molar-refractivity contribution >= 4 is 11.9 Å². The van der Waals surface area contributed by atoms with E-state index in [9.17, 15) is 14.7 Å². The number of nitrogens with zero attached hydrogens (tertiary/aromatic N) is 1. The van der Waals surface area contributed by atoms with E-state index < -0.39 is 18.1 Å². The van der Waals surface area contributed by atoms with Crippen LogP contribution in [0, 0.1) is 0 Å². The number of hydrogen-bond acceptors (Lipinski definition) is 3. The highest BCUT2D eigenvalue weighted by molar-refractivity contribution is 5.87. The molecule has 1 aromatic rings. The molecule has 1 unspecified atom stereocenters. The Morgan fingerprint density at radius 1 is 1.40 bits per heavy atom. The fourth-order valence-corrected chi connectivity index (χ4v) is 2.54. The van der Waals surface area contributed by atoms with E-state index in [4.69, 9.17) is 4.74 Å². The molecule has 1 aromatic carbocycles. The Morgan fingerprint density at radius 2 is 2.10 bits per heavy atom. The van der Waals surface area contributed by atoms with Gasteiger partial charge in [0.1, 0.15) is 6.04 Å². The van der Waals surface area contributed by atoms with Gasteiger partial charge in [-0.15, -0.1) is 0 Å². The van der Waals surface area contributed by atoms with Crippen molar-refractivity contribution in [2.24, 2.45) is 0 Å². The van der Waals surface area contributed by atoms with E-state index in [1.807, 2.05) is 37.3 Å². The van der Waals surface area contributed by atoms with Crippen molar-refractivity contribution in [3.63, 3.8) is 0 Å². The molecule has 1 saturated heterocycles. The minimum Gasteiger partial charge on any atom is -0.480 e. The van der Waals surface area contributed by atoms with Gasteiger partial charge in [-0.2, -0.15) is 0 Å². The van der Waals surface area contributed by atoms with Gasteiger partial charge in [0.15, 0.2) is 6.10 Å². The number of amides is 1. The Bertz CT molecular complexity index is 474. The molecule has 1 fully saturated rings. The molecule has 0 aromatic heterocycles. The second-order valence-corrected chi connectivity index (χ2v) is 4.77. The van der Waals surface area contributed by atoms with Crippen molar-refractivity contribution in [2.45, 2.75) is 31.9 Å². The van der Waals surface area contributed by atoms with Crippen LogP contribution >= 0.6 is 0 Å². The van der Waals surface area contributed by atoms with Crippen LogP contribution in [0.1, 0.15) is 31.4 Å². The van der Waals surface area contributed by atoms with Gasteiger partial charge in [0, 0.05) is 13.2 Å². The lowest BCUT2D eigenvalue weighted by molar-refractivity contribution is -0.154. The number of carboxylic acid groups (broad SMARTS) is 1. The number of hydrogen-bond donors (Lipinski definition) is 1. The maximum absolute atomic E-state index is 12.6. The maximum atomic E-state index is 12.6. The largest absolute Gasteiger partial charge is 0.480 e. The van der Waals surface area contributed by atoms with Crippen molar-refractivity contribution < 1.29 is 19.4 Å². The van der Waals surface area contributed by atoms with Crippen LogP contribution in [0.5, 0.6) is 0 Å². The Labute approximate surface area is 118 Å². The maximum Gasteiger partial charge on any atom is 0.326 e. The predicted molar refractivity (Wildman–Crippen MR) is 73.2 cm³/mol. The van der Waals surface area contributed by atoms with Gasteiger partial charge in [0.05, 0.1) is 0 Å². The second kappa shape index (κ2) is 6.52. The summed E-state index contributed by atoms with van der Waals surface area (Å²) in [6.07, 6.45) is 0.506. The number of likely N-dealkylation sites (tertiary alicyclic amines) is 1. The lowest BCUT2D eigenvalue weighted by Crippen LogP contribution is -2.43. The average Bonchev–Trinajstić information content (AvgIpc) is 2.94. The minimum atomic E-state index is -0.945. The molecule has 0 aliphatic carbocycles. The Balaban J connectivity index is 2.21. The highest BCUT2D eigenvalue weighted by Gasteiger charge is 2.37. The smallest absolute Gasteiger partial charge is 0.326 e. The average molecular weight is 277 g/mol. The molecule has 1 aliphatic heterocycles. The molecule has 1 heterocycles. The predicted octanol–water partition coefficient (Wildman–Crippen LogP) is 1.84. The molecule has 0 bridgehead atoms. The van der Waals surface area contributed by atoms with Gasteiger partial charge in [0.25, 0.3) is 5.91 Å². The van der Waals surface area contributed by atoms with Crippen molar-refractivity contribution in [3.8, 4) is 0 Å². The van der Waals surface area contributed by atoms with Crippen LogP contribution in [0.2, 0.25) is 0 Å². The Morgan fingerprint density at radius 3 is 2.70 bits per heavy atom. The monoisotopic (exact) mass is 277 g/mol. The zero-order valence-electron chi connectivity index (χ0n) is 11.5. The SMILES string of the molecule is CCOC(C(=O)N1CCC[C@H]1C(=O)O)c1ccccc1. The van der Waals surface area contributed by atoms with Gasteiger partial charge in [-0.1, -0.05) is 30.3 Å². The molecule has 2 rings (SSSR count). The van der Waals surface area contributed by atoms with Crippen LogP contribution in [-0.4, -0.2) is 41.1 Å². The van der Waals surface area contributed by atoms with Crippen LogP contribution in [0.4, 0.5) is 0 Å². The van der Waals surface area contributed by atoms with E-state index >= 15 is 0 Å². The van der Waals surface area contributed by atoms with Gasteiger partial charge >= 0.3 is 5.97 Å². The highest BCUT2D eigenvalue weighted by Crippen LogP contribution is 2.26. The third-order valence-corrected chi connectivity index (χ3v) is 3.48. The Hall–Kier alpha value is -1.88. The number of aliphatic carboxylic acids is 1. The zero-order chi connectivity index (χ0) is 14.5. The summed E-state index contributed by atoms with van der Waals surface area (Å²) in [6.45, 7) is 2.70. The lowest BCUT2D eigenvalue weighted by atomic mass is 10.1. The number of benzene rings is 1. The topological polar surface area (TPSA) is 66.8 Å². The second-order valence-electron chi connectivity index (χ2n) is 4.77. The molecular formula is C15H19NO4. The summed E-state index contributed by atoms with van der Waals surface area (Å²) in [7, 11) is 0. The van der Waals surface area contributed by atoms with Gasteiger partial charge < -0.3 is 14.7 Å². The molecule has 2 atom stereocenters. The number of ether oxygens (including phenoxy) is 1. The lowest BCUT2D eigenvalue weighted by Gasteiger charge is -2.26. The van der Waals surface area contributed by atoms with Gasteiger partial charge in [-0.05, 0) is 25.3 Å². The zero-order valence-corrected chi connectivity index (χ0v) is 11.5. The fourth-order valence-electron chi connectivity index (χ4n) is 2.54. The number of carbonyl (C=O) groups is 2. The van der Waals surface area contributed by atoms with E-state index in [0.717, 1.165) is 12.0 Å². The van der Waals surface area contributed by atoms with Crippen molar-refractivity contribution in [3.05, 3.63) is 35.9 Å². The molecule has 20 heavy (non-hydrogen) atoms. The first-order chi connectivity index (χ1) is 9.65. The van der Waals surface area contributed by atoms with Crippen molar-refractivity contribution in [1.82, 2.24) is 4.90 Å². The number of carboxylic acids is 1. The summed E-state index contributed by atoms with van der Waals surface area (Å²) >= 11 is 0. The normalized spacial score (nSPS) is 19.9. The summed E-state index contributed by atoms with van der Waals surface area (Å²) in [4.78, 5) is 25.2. The van der Waals surface area contributed by atoms with E-state index in [0.29, 0.717) is 19.6 Å². The first kappa shape index (κ1) is 14.5. The van der Waals surface area contributed by atoms with Crippen molar-refractivity contribution in [2.75, 3.05) is 13.2 Å². The van der Waals surface area contributed by atoms with Crippen molar-refractivity contribution in [1.29, 1.82) is 0 Å². The molecule has 1 amide bonds. The van der Waals surface area contributed by atoms with Crippen LogP contribution in [-0.2, 0) is 14.3 Å². The molecule has 0 spiro atoms. The molecule has 1 N–H and O–H groups in total. The third-order valence-electron chi connectivity index (χ3n) is 3.48. The first-order valence-corrected chi connectivity index (χ1v) is 6.85. The van der Waals surface area contributed by atoms with E-state index in [1.54, 1.807) is 0 Å². The third kappa shape index (κ3) is 2.99. The van der Waals surface area contributed by atoms with Gasteiger partial charge in [-0.3, -0.25) is 4.79 Å². The van der Waals surface area contributed by atoms with Crippen LogP contribution in [0.15, 0.2) is 30.3 Å². The summed E-state index contributed by atoms with van der Waals surface area (Å²) in [5.74, 6) is -1.21. The standard InChI is InChI=1S/C15H19NO4/c1-2-20-13(11-7-4-3-5-8-11)14(17)16-10-6-9-12(16)15(18)19/h3-5,7-8,12-13H,2,6,9-10H2,1H3,(H,18,19)/t12-,13?/m0/s1. The summed E-state index contributed by atoms with van der Waals surface area (Å²) < 4.78 is 5.55. The molecule has 108 valence electrons. The number of rotatable bonds is 5.